The molecule has 138 valence electrons. The lowest BCUT2D eigenvalue weighted by molar-refractivity contribution is 0.0955. The first-order valence-electron chi connectivity index (χ1n) is 9.32. The van der Waals surface area contributed by atoms with E-state index in [1.807, 2.05) is 24.3 Å². The molecular weight excluding hydrogens is 350 g/mol. The maximum atomic E-state index is 12.6. The smallest absolute Gasteiger partial charge is 0.251 e. The van der Waals surface area contributed by atoms with E-state index in [0.717, 1.165) is 29.7 Å². The second kappa shape index (κ2) is 9.98. The summed E-state index contributed by atoms with van der Waals surface area (Å²) in [6.07, 6.45) is 1.81. The molecule has 0 aliphatic rings. The van der Waals surface area contributed by atoms with Crippen molar-refractivity contribution in [2.45, 2.75) is 24.7 Å². The highest BCUT2D eigenvalue weighted by Gasteiger charge is 2.10. The van der Waals surface area contributed by atoms with Gasteiger partial charge < -0.3 is 5.32 Å². The van der Waals surface area contributed by atoms with Crippen LogP contribution in [0.5, 0.6) is 0 Å². The van der Waals surface area contributed by atoms with Crippen molar-refractivity contribution in [1.29, 1.82) is 0 Å². The molecule has 0 atom stereocenters. The predicted octanol–water partition coefficient (Wildman–Crippen LogP) is 5.30. The molecule has 0 aromatic heterocycles. The minimum atomic E-state index is 0.0168. The number of nitrogens with one attached hydrogen (secondary N) is 1. The first-order valence-corrected chi connectivity index (χ1v) is 10.3. The van der Waals surface area contributed by atoms with E-state index in [2.05, 4.69) is 66.8 Å². The second-order valence-electron chi connectivity index (χ2n) is 6.56. The molecule has 0 aliphatic carbocycles. The summed E-state index contributed by atoms with van der Waals surface area (Å²) >= 11 is 1.76. The van der Waals surface area contributed by atoms with E-state index in [1.165, 1.54) is 16.0 Å². The normalized spacial score (nSPS) is 10.6. The van der Waals surface area contributed by atoms with Crippen LogP contribution in [0.15, 0.2) is 83.8 Å². The Labute approximate surface area is 166 Å². The zero-order chi connectivity index (χ0) is 18.9. The van der Waals surface area contributed by atoms with Gasteiger partial charge in [0.1, 0.15) is 0 Å². The van der Waals surface area contributed by atoms with Crippen molar-refractivity contribution in [1.82, 2.24) is 5.32 Å². The highest BCUT2D eigenvalue weighted by Crippen LogP contribution is 2.18. The third-order valence-corrected chi connectivity index (χ3v) is 5.48. The molecule has 0 fully saturated rings. The first kappa shape index (κ1) is 19.2. The Balaban J connectivity index is 1.51. The number of hydrogen-bond acceptors (Lipinski definition) is 2. The molecule has 27 heavy (non-hydrogen) atoms. The van der Waals surface area contributed by atoms with Gasteiger partial charge in [0, 0.05) is 22.8 Å². The lowest BCUT2D eigenvalue weighted by atomic mass is 9.99. The van der Waals surface area contributed by atoms with E-state index in [4.69, 9.17) is 0 Å². The van der Waals surface area contributed by atoms with Gasteiger partial charge in [0.25, 0.3) is 5.91 Å². The Bertz CT molecular complexity index is 859. The molecule has 1 amide bonds. The van der Waals surface area contributed by atoms with E-state index in [-0.39, 0.29) is 5.91 Å². The fourth-order valence-corrected chi connectivity index (χ4v) is 3.72. The van der Waals surface area contributed by atoms with Gasteiger partial charge in [-0.05, 0) is 49.1 Å². The molecule has 1 N–H and O–H groups in total. The zero-order valence-electron chi connectivity index (χ0n) is 15.7. The van der Waals surface area contributed by atoms with Crippen LogP contribution in [0.3, 0.4) is 0 Å². The Morgan fingerprint density at radius 1 is 0.852 bits per heavy atom. The predicted molar refractivity (Wildman–Crippen MR) is 115 cm³/mol. The SMILES string of the molecule is Cc1ccc(SCCNC(=O)c2ccccc2CCc2ccccc2)cc1. The summed E-state index contributed by atoms with van der Waals surface area (Å²) < 4.78 is 0. The Kier molecular flexibility index (Phi) is 7.11. The minimum Gasteiger partial charge on any atom is -0.351 e. The number of aryl methyl sites for hydroxylation is 3. The van der Waals surface area contributed by atoms with Crippen LogP contribution in [0, 0.1) is 6.92 Å². The number of carbonyl (C=O) groups is 1. The summed E-state index contributed by atoms with van der Waals surface area (Å²) in [5.41, 5.74) is 4.45. The number of amides is 1. The van der Waals surface area contributed by atoms with Crippen molar-refractivity contribution < 1.29 is 4.79 Å². The van der Waals surface area contributed by atoms with Gasteiger partial charge in [-0.25, -0.2) is 0 Å². The lowest BCUT2D eigenvalue weighted by Crippen LogP contribution is -2.26. The van der Waals surface area contributed by atoms with Gasteiger partial charge in [0.15, 0.2) is 0 Å². The molecular formula is C24H25NOS. The molecule has 3 aromatic carbocycles. The summed E-state index contributed by atoms with van der Waals surface area (Å²) in [6.45, 7) is 2.74. The van der Waals surface area contributed by atoms with E-state index in [1.54, 1.807) is 11.8 Å². The van der Waals surface area contributed by atoms with Gasteiger partial charge >= 0.3 is 0 Å². The Hall–Kier alpha value is -2.52. The van der Waals surface area contributed by atoms with Crippen molar-refractivity contribution >= 4 is 17.7 Å². The van der Waals surface area contributed by atoms with Gasteiger partial charge in [0.2, 0.25) is 0 Å². The molecule has 0 heterocycles. The van der Waals surface area contributed by atoms with Crippen LogP contribution in [0.25, 0.3) is 0 Å². The van der Waals surface area contributed by atoms with Gasteiger partial charge in [-0.2, -0.15) is 0 Å². The topological polar surface area (TPSA) is 29.1 Å². The average molecular weight is 376 g/mol. The van der Waals surface area contributed by atoms with Gasteiger partial charge in [-0.15, -0.1) is 11.8 Å². The van der Waals surface area contributed by atoms with Gasteiger partial charge in [-0.3, -0.25) is 4.79 Å². The van der Waals surface area contributed by atoms with Crippen molar-refractivity contribution in [2.75, 3.05) is 12.3 Å². The van der Waals surface area contributed by atoms with Crippen LogP contribution < -0.4 is 5.32 Å². The Morgan fingerprint density at radius 3 is 2.33 bits per heavy atom. The van der Waals surface area contributed by atoms with Crippen LogP contribution in [0.4, 0.5) is 0 Å². The van der Waals surface area contributed by atoms with Gasteiger partial charge in [0.05, 0.1) is 0 Å². The largest absolute Gasteiger partial charge is 0.351 e. The van der Waals surface area contributed by atoms with Gasteiger partial charge in [-0.1, -0.05) is 66.2 Å². The maximum Gasteiger partial charge on any atom is 0.251 e. The maximum absolute atomic E-state index is 12.6. The number of rotatable bonds is 8. The second-order valence-corrected chi connectivity index (χ2v) is 7.73. The minimum absolute atomic E-state index is 0.0168. The lowest BCUT2D eigenvalue weighted by Gasteiger charge is -2.10. The molecule has 0 radical (unpaired) electrons. The van der Waals surface area contributed by atoms with E-state index < -0.39 is 0 Å². The average Bonchev–Trinajstić information content (AvgIpc) is 2.72. The summed E-state index contributed by atoms with van der Waals surface area (Å²) in [5, 5.41) is 3.06. The first-order chi connectivity index (χ1) is 13.2. The number of thioether (sulfide) groups is 1. The molecule has 2 nitrogen and oxygen atoms in total. The molecule has 0 aliphatic heterocycles. The summed E-state index contributed by atoms with van der Waals surface area (Å²) in [6, 6.07) is 26.8. The van der Waals surface area contributed by atoms with E-state index in [0.29, 0.717) is 6.54 Å². The molecule has 3 rings (SSSR count). The monoisotopic (exact) mass is 375 g/mol. The highest BCUT2D eigenvalue weighted by molar-refractivity contribution is 7.99. The van der Waals surface area contributed by atoms with Crippen molar-refractivity contribution in [3.63, 3.8) is 0 Å². The van der Waals surface area contributed by atoms with Crippen LogP contribution in [-0.2, 0) is 12.8 Å². The molecule has 0 bridgehead atoms. The van der Waals surface area contributed by atoms with Crippen molar-refractivity contribution in [2.24, 2.45) is 0 Å². The van der Waals surface area contributed by atoms with Crippen molar-refractivity contribution in [3.8, 4) is 0 Å². The number of hydrogen-bond donors (Lipinski definition) is 1. The molecule has 0 saturated carbocycles. The quantitative estimate of drug-likeness (QED) is 0.427. The fourth-order valence-electron chi connectivity index (χ4n) is 2.95. The third-order valence-electron chi connectivity index (χ3n) is 4.47. The number of benzene rings is 3. The van der Waals surface area contributed by atoms with Crippen LogP contribution in [0.2, 0.25) is 0 Å². The summed E-state index contributed by atoms with van der Waals surface area (Å²) in [7, 11) is 0. The van der Waals surface area contributed by atoms with E-state index in [9.17, 15) is 4.79 Å². The van der Waals surface area contributed by atoms with Crippen LogP contribution >= 0.6 is 11.8 Å². The molecule has 0 saturated heterocycles. The van der Waals surface area contributed by atoms with Crippen LogP contribution in [0.1, 0.15) is 27.0 Å². The molecule has 3 aromatic rings. The number of carbonyl (C=O) groups excluding carboxylic acids is 1. The van der Waals surface area contributed by atoms with Crippen LogP contribution in [-0.4, -0.2) is 18.2 Å². The summed E-state index contributed by atoms with van der Waals surface area (Å²) in [4.78, 5) is 13.8. The Morgan fingerprint density at radius 2 is 1.56 bits per heavy atom. The molecule has 3 heteroatoms. The standard InChI is InChI=1S/C24H25NOS/c1-19-11-15-22(16-12-19)27-18-17-25-24(26)23-10-6-5-9-21(23)14-13-20-7-3-2-4-8-20/h2-12,15-16H,13-14,17-18H2,1H3,(H,25,26). The molecule has 0 unspecified atom stereocenters. The summed E-state index contributed by atoms with van der Waals surface area (Å²) in [5.74, 6) is 0.879. The highest BCUT2D eigenvalue weighted by atomic mass is 32.2. The molecule has 0 spiro atoms. The third kappa shape index (κ3) is 6.00. The van der Waals surface area contributed by atoms with E-state index >= 15 is 0 Å². The fraction of sp³-hybridized carbons (Fsp3) is 0.208. The zero-order valence-corrected chi connectivity index (χ0v) is 16.5. The van der Waals surface area contributed by atoms with Crippen molar-refractivity contribution in [3.05, 3.63) is 101 Å².